The van der Waals surface area contributed by atoms with E-state index < -0.39 is 12.0 Å². The second kappa shape index (κ2) is 34.4. The van der Waals surface area contributed by atoms with Crippen LogP contribution in [0.5, 0.6) is 46.0 Å². The molecule has 1 spiro atoms. The summed E-state index contributed by atoms with van der Waals surface area (Å²) < 4.78 is 43.1. The number of nitrogens with zero attached hydrogens (tertiary/aromatic N) is 4. The molecule has 9 aromatic rings. The fourth-order valence-corrected chi connectivity index (χ4v) is 14.0. The SMILES string of the molecule is C=C([OH+]c1cccc(Oc2ccc(-c3ccccc3)cc2)c1C#N)/C(=C\C1=C(C)CC2(CC1)CCc1cc(OC3=CC=CC(Oc4ccc(-c5ccccc5)cc4)[C@@H]3C#N)[c-]cc1C2)Oc1cccc(Oc2ccc(-c3ccccc3)cc2)c1C#N.N#CC1=C(OC2=CC/C(=C3/C=CC=CC3)C=C2)CC=[C-]1.[U+2]. The maximum absolute atomic E-state index is 10.8. The van der Waals surface area contributed by atoms with Crippen molar-refractivity contribution in [1.29, 1.82) is 21.0 Å². The maximum Gasteiger partial charge on any atom is 2.00 e. The Labute approximate surface area is 649 Å². The summed E-state index contributed by atoms with van der Waals surface area (Å²) in [6, 6.07) is 81.0. The summed E-state index contributed by atoms with van der Waals surface area (Å²) in [5, 5.41) is 40.8. The number of allylic oxidation sites excluding steroid dienone is 17. The monoisotopic (exact) mass is 1620 g/mol. The first-order valence-corrected chi connectivity index (χ1v) is 35.4. The Balaban J connectivity index is 0.000000414. The minimum atomic E-state index is -0.656. The van der Waals surface area contributed by atoms with Gasteiger partial charge < -0.3 is 33.2 Å². The van der Waals surface area contributed by atoms with Crippen LogP contribution in [0.3, 0.4) is 0 Å². The number of ether oxygens (including phenoxy) is 7. The summed E-state index contributed by atoms with van der Waals surface area (Å²) in [5.74, 6) is 5.57. The van der Waals surface area contributed by atoms with Crippen LogP contribution in [0.15, 0.2) is 348 Å². The molecule has 0 saturated heterocycles. The van der Waals surface area contributed by atoms with Gasteiger partial charge in [-0.25, -0.2) is 0 Å². The Morgan fingerprint density at radius 3 is 1.76 bits per heavy atom. The second-order valence-electron chi connectivity index (χ2n) is 26.6. The first kappa shape index (κ1) is 72.8. The number of aliphatic hydroxyl groups is 1. The van der Waals surface area contributed by atoms with Crippen LogP contribution in [0.4, 0.5) is 0 Å². The van der Waals surface area contributed by atoms with Crippen LogP contribution < -0.4 is 23.7 Å². The van der Waals surface area contributed by atoms with E-state index in [2.05, 4.69) is 135 Å². The second-order valence-corrected chi connectivity index (χ2v) is 26.6. The van der Waals surface area contributed by atoms with Crippen LogP contribution in [-0.2, 0) is 17.6 Å². The molecule has 0 heterocycles. The Bertz CT molecular complexity index is 5360. The fourth-order valence-electron chi connectivity index (χ4n) is 14.0. The molecule has 11 nitrogen and oxygen atoms in total. The van der Waals surface area contributed by atoms with E-state index in [1.807, 2.05) is 164 Å². The first-order valence-electron chi connectivity index (χ1n) is 35.4. The molecule has 0 radical (unpaired) electrons. The van der Waals surface area contributed by atoms with Crippen molar-refractivity contribution in [3.8, 4) is 104 Å². The van der Waals surface area contributed by atoms with E-state index in [0.29, 0.717) is 69.5 Å². The van der Waals surface area contributed by atoms with Crippen molar-refractivity contribution in [2.75, 3.05) is 0 Å². The number of benzene rings is 9. The van der Waals surface area contributed by atoms with Crippen LogP contribution in [0, 0.1) is 99.9 Å². The number of rotatable bonds is 19. The Hall–Kier alpha value is -12.5. The van der Waals surface area contributed by atoms with Gasteiger partial charge in [0.2, 0.25) is 5.76 Å². The summed E-state index contributed by atoms with van der Waals surface area (Å²) in [6.07, 6.45) is 34.2. The topological polar surface area (TPSA) is 163 Å². The average molecular weight is 1620 g/mol. The molecule has 1 N–H and O–H groups in total. The third-order valence-electron chi connectivity index (χ3n) is 19.6. The van der Waals surface area contributed by atoms with Crippen LogP contribution in [0.1, 0.15) is 74.1 Å². The average Bonchev–Trinajstić information content (AvgIpc) is 0.829. The number of nitriles is 4. The van der Waals surface area contributed by atoms with E-state index >= 15 is 0 Å². The van der Waals surface area contributed by atoms with Gasteiger partial charge in [0.25, 0.3) is 11.5 Å². The maximum atomic E-state index is 10.8. The summed E-state index contributed by atoms with van der Waals surface area (Å²) in [4.78, 5) is 0. The molecule has 3 atom stereocenters. The molecule has 2 unspecified atom stereocenters. The number of aromatic hydroxyl groups is 1. The van der Waals surface area contributed by atoms with Gasteiger partial charge in [0.05, 0.1) is 6.07 Å². The van der Waals surface area contributed by atoms with Gasteiger partial charge in [-0.1, -0.05) is 194 Å². The minimum Gasteiger partial charge on any atom is -0.543 e. The quantitative estimate of drug-likeness (QED) is 0.0329. The Morgan fingerprint density at radius 1 is 0.570 bits per heavy atom. The number of fused-ring (bicyclic) bond motifs is 1. The third-order valence-corrected chi connectivity index (χ3v) is 19.6. The molecule has 0 amide bonds. The molecule has 518 valence electrons. The van der Waals surface area contributed by atoms with Crippen LogP contribution in [0.25, 0.3) is 33.4 Å². The first-order chi connectivity index (χ1) is 52.1. The van der Waals surface area contributed by atoms with Gasteiger partial charge in [-0.2, -0.15) is 39.1 Å². The van der Waals surface area contributed by atoms with E-state index in [9.17, 15) is 15.8 Å². The molecule has 6 aliphatic rings. The summed E-state index contributed by atoms with van der Waals surface area (Å²) >= 11 is 0. The van der Waals surface area contributed by atoms with Crippen molar-refractivity contribution < 1.29 is 64.3 Å². The predicted molar refractivity (Wildman–Crippen MR) is 413 cm³/mol. The summed E-state index contributed by atoms with van der Waals surface area (Å²) in [7, 11) is 0. The molecule has 9 aromatic carbocycles. The minimum absolute atomic E-state index is 0. The normalized spacial score (nSPS) is 18.1. The van der Waals surface area contributed by atoms with Gasteiger partial charge in [-0.05, 0) is 205 Å². The third kappa shape index (κ3) is 17.7. The van der Waals surface area contributed by atoms with E-state index in [4.69, 9.17) is 38.4 Å². The zero-order valence-electron chi connectivity index (χ0n) is 59.0. The van der Waals surface area contributed by atoms with Crippen LogP contribution in [0.2, 0.25) is 0 Å². The molecule has 107 heavy (non-hydrogen) atoms. The molecule has 15 rings (SSSR count). The smallest absolute Gasteiger partial charge is 0.543 e. The van der Waals surface area contributed by atoms with Crippen molar-refractivity contribution in [3.05, 3.63) is 383 Å². The standard InChI is InChI=1S/C77H58N3O6.C18H14NO.U/c1-52-47-77(44-42-61-45-66(40-33-62(61)48-77)85-74-25-13-23-72(68(74)50-79)83-64-36-29-58(30-37-64)55-17-8-4-9-18-55)43-41-60(52)46-76(86-75-26-14-24-73(69(75)51-80)84-65-38-31-59(32-39-65)56-19-10-5-11-20-56)53(2)81-70-21-12-22-71(67(70)49-78)82-63-34-27-57(28-35-63)54-15-6-3-7-16-54;19-13-16-7-4-8-18(16)20-17-11-9-15(10-12-17)14-5-2-1-3-6-14;/h3-39,45-46,68,72H,2,41-44,47-48H2,1H3;1-5,9,11-12H,6,8,10H2;/q2*-1;+2/p+1/b76-46+;15-14-;/t68-,72?,77?;;/m0../s1. The zero-order valence-corrected chi connectivity index (χ0v) is 63.2. The van der Waals surface area contributed by atoms with E-state index in [1.54, 1.807) is 36.4 Å². The Kier molecular flexibility index (Phi) is 23.4. The number of aryl methyl sites for hydroxylation is 1. The molecule has 12 heteroatoms. The molecule has 0 saturated carbocycles. The Morgan fingerprint density at radius 2 is 1.17 bits per heavy atom. The van der Waals surface area contributed by atoms with Crippen molar-refractivity contribution in [2.24, 2.45) is 11.3 Å². The van der Waals surface area contributed by atoms with Crippen molar-refractivity contribution in [3.63, 3.8) is 0 Å². The van der Waals surface area contributed by atoms with Gasteiger partial charge in [-0.3, -0.25) is 5.26 Å². The molecule has 0 bridgehead atoms. The summed E-state index contributed by atoms with van der Waals surface area (Å²) in [5.41, 5.74) is 14.8. The molecule has 0 aromatic heterocycles. The van der Waals surface area contributed by atoms with Gasteiger partial charge in [0.1, 0.15) is 70.0 Å². The van der Waals surface area contributed by atoms with Gasteiger partial charge >= 0.3 is 31.1 Å². The van der Waals surface area contributed by atoms with Gasteiger partial charge in [0, 0.05) is 24.2 Å². The van der Waals surface area contributed by atoms with E-state index in [1.165, 1.54) is 27.8 Å². The summed E-state index contributed by atoms with van der Waals surface area (Å²) in [6.45, 7) is 6.62. The van der Waals surface area contributed by atoms with Crippen molar-refractivity contribution >= 4 is 0 Å². The van der Waals surface area contributed by atoms with Crippen LogP contribution >= 0.6 is 0 Å². The zero-order chi connectivity index (χ0) is 72.6. The number of hydrogen-bond donors (Lipinski definition) is 0. The largest absolute Gasteiger partial charge is 2.00 e. The van der Waals surface area contributed by atoms with E-state index in [-0.39, 0.29) is 59.2 Å². The van der Waals surface area contributed by atoms with Crippen LogP contribution in [-0.4, -0.2) is 10.8 Å². The van der Waals surface area contributed by atoms with Crippen molar-refractivity contribution in [2.45, 2.75) is 70.8 Å². The fraction of sp³-hybridized carbons (Fsp3) is 0.137. The number of hydrogen-bond acceptors (Lipinski definition) is 10. The van der Waals surface area contributed by atoms with Gasteiger partial charge in [-0.15, -0.1) is 18.2 Å². The van der Waals surface area contributed by atoms with Gasteiger partial charge in [0.15, 0.2) is 11.3 Å². The predicted octanol–water partition coefficient (Wildman–Crippen LogP) is 22.8. The molecular weight excluding hydrogens is 1550 g/mol. The van der Waals surface area contributed by atoms with Crippen molar-refractivity contribution in [1.82, 2.24) is 0 Å². The molecular formula is C95H73N4O7U+. The molecule has 0 fully saturated rings. The molecule has 6 aliphatic carbocycles. The molecule has 0 aliphatic heterocycles. The van der Waals surface area contributed by atoms with E-state index in [0.717, 1.165) is 96.1 Å².